The van der Waals surface area contributed by atoms with Gasteiger partial charge < -0.3 is 10.5 Å². The molecule has 2 aliphatic rings. The zero-order valence-corrected chi connectivity index (χ0v) is 13.0. The van der Waals surface area contributed by atoms with Gasteiger partial charge >= 0.3 is 5.97 Å². The smallest absolute Gasteiger partial charge is 0.343 e. The summed E-state index contributed by atoms with van der Waals surface area (Å²) in [6.45, 7) is 0. The van der Waals surface area contributed by atoms with Crippen molar-refractivity contribution in [1.29, 1.82) is 0 Å². The minimum atomic E-state index is -0.689. The highest BCUT2D eigenvalue weighted by Gasteiger charge is 2.29. The third-order valence-electron chi connectivity index (χ3n) is 3.34. The zero-order chi connectivity index (χ0) is 16.4. The van der Waals surface area contributed by atoms with E-state index in [1.54, 1.807) is 24.3 Å². The molecule has 0 spiro atoms. The number of nitrogens with two attached hydrogens (primary N) is 1. The second-order valence-electron chi connectivity index (χ2n) is 4.82. The molecule has 0 saturated carbocycles. The normalized spacial score (nSPS) is 19.4. The number of ether oxygens (including phenoxy) is 1. The molecule has 3 rings (SSSR count). The Morgan fingerprint density at radius 2 is 2.04 bits per heavy atom. The second kappa shape index (κ2) is 6.21. The molecule has 1 aromatic carbocycles. The van der Waals surface area contributed by atoms with E-state index in [2.05, 4.69) is 9.98 Å². The summed E-state index contributed by atoms with van der Waals surface area (Å²) < 4.78 is 5.42. The Labute approximate surface area is 136 Å². The Morgan fingerprint density at radius 3 is 2.83 bits per heavy atom. The summed E-state index contributed by atoms with van der Waals surface area (Å²) in [6, 6.07) is 7.25. The van der Waals surface area contributed by atoms with Crippen LogP contribution in [0.5, 0.6) is 5.75 Å². The van der Waals surface area contributed by atoms with Crippen LogP contribution in [0.15, 0.2) is 62.9 Å². The fraction of sp³-hybridized carbons (Fsp3) is 0.125. The largest absolute Gasteiger partial charge is 0.422 e. The molecule has 6 nitrogen and oxygen atoms in total. The van der Waals surface area contributed by atoms with Crippen molar-refractivity contribution in [3.8, 4) is 5.75 Å². The van der Waals surface area contributed by atoms with Crippen LogP contribution in [0.1, 0.15) is 0 Å². The Morgan fingerprint density at radius 1 is 1.26 bits per heavy atom. The number of carbonyl (C=O) groups excluding carboxylic acids is 2. The van der Waals surface area contributed by atoms with Gasteiger partial charge in [-0.25, -0.2) is 9.79 Å². The molecule has 0 aromatic heterocycles. The van der Waals surface area contributed by atoms with E-state index in [0.717, 1.165) is 4.90 Å². The quantitative estimate of drug-likeness (QED) is 0.518. The van der Waals surface area contributed by atoms with Crippen molar-refractivity contribution in [2.75, 3.05) is 6.26 Å². The van der Waals surface area contributed by atoms with Crippen LogP contribution >= 0.6 is 11.8 Å². The molecule has 23 heavy (non-hydrogen) atoms. The summed E-state index contributed by atoms with van der Waals surface area (Å²) in [5, 5.41) is 0. The molecule has 0 bridgehead atoms. The van der Waals surface area contributed by atoms with Gasteiger partial charge in [0.2, 0.25) is 5.96 Å². The number of amides is 1. The summed E-state index contributed by atoms with van der Waals surface area (Å²) in [6.07, 6.45) is 6.55. The number of guanidine groups is 1. The highest BCUT2D eigenvalue weighted by molar-refractivity contribution is 7.98. The Balaban J connectivity index is 1.82. The van der Waals surface area contributed by atoms with E-state index < -0.39 is 17.8 Å². The van der Waals surface area contributed by atoms with Gasteiger partial charge in [0, 0.05) is 4.90 Å². The number of esters is 1. The van der Waals surface area contributed by atoms with Crippen LogP contribution in [-0.2, 0) is 9.59 Å². The fourth-order valence-electron chi connectivity index (χ4n) is 2.24. The minimum Gasteiger partial charge on any atom is -0.422 e. The highest BCUT2D eigenvalue weighted by Crippen LogP contribution is 2.28. The average molecular weight is 327 g/mol. The number of nitrogens with zero attached hydrogens (tertiary/aromatic N) is 2. The lowest BCUT2D eigenvalue weighted by atomic mass is 9.93. The maximum Gasteiger partial charge on any atom is 0.343 e. The van der Waals surface area contributed by atoms with Crippen molar-refractivity contribution in [3.05, 3.63) is 48.1 Å². The van der Waals surface area contributed by atoms with Crippen molar-refractivity contribution in [1.82, 2.24) is 0 Å². The standard InChI is InChI=1S/C16H13N3O3S/c1-23-13-5-3-2-4-12(13)22-15(21)9-6-7-11-10(8-9)14(20)19-16(17)18-11/h2-8,10H,1H3,(H2,17,19,20). The molecule has 0 saturated heterocycles. The van der Waals surface area contributed by atoms with Crippen molar-refractivity contribution in [3.63, 3.8) is 0 Å². The summed E-state index contributed by atoms with van der Waals surface area (Å²) in [5.41, 5.74) is 6.22. The third kappa shape index (κ3) is 3.09. The molecule has 1 aliphatic heterocycles. The van der Waals surface area contributed by atoms with Gasteiger partial charge in [-0.1, -0.05) is 18.2 Å². The first kappa shape index (κ1) is 15.2. The molecular formula is C16H13N3O3S. The highest BCUT2D eigenvalue weighted by atomic mass is 32.2. The molecule has 2 N–H and O–H groups in total. The molecule has 1 aromatic rings. The third-order valence-corrected chi connectivity index (χ3v) is 4.12. The van der Waals surface area contributed by atoms with E-state index in [9.17, 15) is 9.59 Å². The van der Waals surface area contributed by atoms with Crippen LogP contribution in [0.25, 0.3) is 0 Å². The van der Waals surface area contributed by atoms with Gasteiger partial charge in [0.15, 0.2) is 0 Å². The van der Waals surface area contributed by atoms with Gasteiger partial charge in [-0.3, -0.25) is 4.79 Å². The topological polar surface area (TPSA) is 94.1 Å². The molecule has 1 aliphatic carbocycles. The van der Waals surface area contributed by atoms with Crippen LogP contribution < -0.4 is 10.5 Å². The van der Waals surface area contributed by atoms with E-state index in [-0.39, 0.29) is 11.5 Å². The summed E-state index contributed by atoms with van der Waals surface area (Å²) in [4.78, 5) is 32.7. The van der Waals surface area contributed by atoms with Gasteiger partial charge in [-0.2, -0.15) is 4.99 Å². The monoisotopic (exact) mass is 327 g/mol. The Bertz CT molecular complexity index is 809. The first-order chi connectivity index (χ1) is 11.1. The number of carbonyl (C=O) groups is 2. The maximum atomic E-state index is 12.3. The molecule has 116 valence electrons. The Kier molecular flexibility index (Phi) is 4.12. The molecule has 1 unspecified atom stereocenters. The molecule has 0 fully saturated rings. The summed E-state index contributed by atoms with van der Waals surface area (Å²) >= 11 is 1.48. The molecule has 1 amide bonds. The number of thioether (sulfide) groups is 1. The summed E-state index contributed by atoms with van der Waals surface area (Å²) in [5.74, 6) is -1.25. The predicted molar refractivity (Wildman–Crippen MR) is 88.6 cm³/mol. The number of allylic oxidation sites excluding steroid dienone is 1. The van der Waals surface area contributed by atoms with Gasteiger partial charge in [0.05, 0.1) is 11.3 Å². The van der Waals surface area contributed by atoms with E-state index >= 15 is 0 Å². The SMILES string of the molecule is CSc1ccccc1OC(=O)C1=CC2C(=O)N=C(N)N=C2C=C1. The van der Waals surface area contributed by atoms with Gasteiger partial charge in [0.1, 0.15) is 11.7 Å². The zero-order valence-electron chi connectivity index (χ0n) is 12.2. The van der Waals surface area contributed by atoms with Crippen molar-refractivity contribution >= 4 is 35.3 Å². The first-order valence-electron chi connectivity index (χ1n) is 6.80. The average Bonchev–Trinajstić information content (AvgIpc) is 2.55. The van der Waals surface area contributed by atoms with Crippen LogP contribution in [0.3, 0.4) is 0 Å². The lowest BCUT2D eigenvalue weighted by molar-refractivity contribution is -0.129. The summed E-state index contributed by atoms with van der Waals surface area (Å²) in [7, 11) is 0. The fourth-order valence-corrected chi connectivity index (χ4v) is 2.77. The molecule has 0 radical (unpaired) electrons. The molecular weight excluding hydrogens is 314 g/mol. The molecule has 1 atom stereocenters. The second-order valence-corrected chi connectivity index (χ2v) is 5.67. The van der Waals surface area contributed by atoms with Crippen LogP contribution in [0, 0.1) is 5.92 Å². The van der Waals surface area contributed by atoms with Gasteiger partial charge in [0.25, 0.3) is 5.91 Å². The van der Waals surface area contributed by atoms with Crippen LogP contribution in [-0.4, -0.2) is 29.8 Å². The number of rotatable bonds is 3. The van der Waals surface area contributed by atoms with E-state index in [1.807, 2.05) is 18.4 Å². The number of para-hydroxylation sites is 1. The lowest BCUT2D eigenvalue weighted by Gasteiger charge is -2.18. The number of hydrogen-bond donors (Lipinski definition) is 1. The number of fused-ring (bicyclic) bond motifs is 1. The minimum absolute atomic E-state index is 0.0702. The van der Waals surface area contributed by atoms with Gasteiger partial charge in [-0.15, -0.1) is 11.8 Å². The van der Waals surface area contributed by atoms with E-state index in [0.29, 0.717) is 11.5 Å². The van der Waals surface area contributed by atoms with Gasteiger partial charge in [-0.05, 0) is 30.5 Å². The van der Waals surface area contributed by atoms with Crippen molar-refractivity contribution < 1.29 is 14.3 Å². The molecule has 1 heterocycles. The number of aliphatic imine (C=N–C) groups is 2. The Hall–Kier alpha value is -2.67. The van der Waals surface area contributed by atoms with Crippen LogP contribution in [0.4, 0.5) is 0 Å². The predicted octanol–water partition coefficient (Wildman–Crippen LogP) is 1.72. The number of hydrogen-bond acceptors (Lipinski definition) is 6. The maximum absolute atomic E-state index is 12.3. The van der Waals surface area contributed by atoms with Crippen LogP contribution in [0.2, 0.25) is 0 Å². The number of benzene rings is 1. The van der Waals surface area contributed by atoms with E-state index in [1.165, 1.54) is 17.8 Å². The van der Waals surface area contributed by atoms with E-state index in [4.69, 9.17) is 10.5 Å². The molecule has 7 heteroatoms. The van der Waals surface area contributed by atoms with Crippen molar-refractivity contribution in [2.24, 2.45) is 21.6 Å². The lowest BCUT2D eigenvalue weighted by Crippen LogP contribution is -2.31. The first-order valence-corrected chi connectivity index (χ1v) is 8.02. The van der Waals surface area contributed by atoms with Crippen molar-refractivity contribution in [2.45, 2.75) is 4.90 Å².